The van der Waals surface area contributed by atoms with Crippen molar-refractivity contribution in [1.82, 2.24) is 29.1 Å². The van der Waals surface area contributed by atoms with Crippen LogP contribution in [0.25, 0.3) is 22.0 Å². The number of amides is 1. The smallest absolute Gasteiger partial charge is 0.291 e. The molecule has 0 saturated carbocycles. The Balaban J connectivity index is 1.26. The molecule has 9 nitrogen and oxygen atoms in total. The van der Waals surface area contributed by atoms with Crippen molar-refractivity contribution in [2.45, 2.75) is 11.9 Å². The number of halogens is 1. The molecular weight excluding hydrogens is 476 g/mol. The van der Waals surface area contributed by atoms with Crippen molar-refractivity contribution in [3.8, 4) is 11.1 Å². The lowest BCUT2D eigenvalue weighted by molar-refractivity contribution is 0.0685. The first kappa shape index (κ1) is 22.5. The van der Waals surface area contributed by atoms with Crippen LogP contribution in [0.3, 0.4) is 0 Å². The van der Waals surface area contributed by atoms with E-state index in [9.17, 15) is 13.2 Å². The summed E-state index contributed by atoms with van der Waals surface area (Å²) in [5.74, 6) is -0.243. The van der Waals surface area contributed by atoms with Gasteiger partial charge >= 0.3 is 0 Å². The standard InChI is InChI=1S/C23H21ClN6O3S/c1-15-10-16(4-5-25-15)18-13-26-22(27-14-18)23(31)29-6-8-30(9-7-29)34(32,33)21-12-17-11-19(24)2-3-20(17)28-21/h2-5,10-14,28H,6-9H2,1H3. The number of hydrogen-bond donors (Lipinski definition) is 1. The second-order valence-electron chi connectivity index (χ2n) is 8.04. The molecule has 0 spiro atoms. The maximum atomic E-state index is 13.1. The van der Waals surface area contributed by atoms with Gasteiger partial charge in [0, 0.05) is 72.0 Å². The van der Waals surface area contributed by atoms with E-state index >= 15 is 0 Å². The third kappa shape index (κ3) is 4.27. The predicted octanol–water partition coefficient (Wildman–Crippen LogP) is 3.13. The molecule has 1 fully saturated rings. The van der Waals surface area contributed by atoms with Gasteiger partial charge in [-0.3, -0.25) is 9.78 Å². The lowest BCUT2D eigenvalue weighted by Gasteiger charge is -2.33. The van der Waals surface area contributed by atoms with E-state index < -0.39 is 10.0 Å². The summed E-state index contributed by atoms with van der Waals surface area (Å²) < 4.78 is 27.6. The van der Waals surface area contributed by atoms with Crippen molar-refractivity contribution in [3.05, 3.63) is 71.5 Å². The molecule has 1 saturated heterocycles. The van der Waals surface area contributed by atoms with Gasteiger partial charge in [0.1, 0.15) is 5.03 Å². The highest BCUT2D eigenvalue weighted by Crippen LogP contribution is 2.25. The highest BCUT2D eigenvalue weighted by molar-refractivity contribution is 7.89. The van der Waals surface area contributed by atoms with E-state index in [1.165, 1.54) is 4.31 Å². The number of H-pyrrole nitrogens is 1. The Bertz CT molecular complexity index is 1480. The number of sulfonamides is 1. The minimum atomic E-state index is -3.73. The van der Waals surface area contributed by atoms with Gasteiger partial charge in [-0.05, 0) is 48.9 Å². The fraction of sp³-hybridized carbons (Fsp3) is 0.217. The number of nitrogens with one attached hydrogen (secondary N) is 1. The van der Waals surface area contributed by atoms with E-state index in [0.717, 1.165) is 22.2 Å². The van der Waals surface area contributed by atoms with E-state index in [0.29, 0.717) is 10.5 Å². The molecule has 4 aromatic rings. The van der Waals surface area contributed by atoms with Gasteiger partial charge < -0.3 is 9.88 Å². The summed E-state index contributed by atoms with van der Waals surface area (Å²) in [5, 5.41) is 1.37. The second-order valence-corrected chi connectivity index (χ2v) is 10.4. The van der Waals surface area contributed by atoms with Crippen LogP contribution in [0.2, 0.25) is 5.02 Å². The maximum Gasteiger partial charge on any atom is 0.291 e. The van der Waals surface area contributed by atoms with Crippen molar-refractivity contribution in [3.63, 3.8) is 0 Å². The minimum Gasteiger partial charge on any atom is -0.345 e. The molecule has 1 N–H and O–H groups in total. The number of rotatable bonds is 4. The highest BCUT2D eigenvalue weighted by atomic mass is 35.5. The van der Waals surface area contributed by atoms with Crippen LogP contribution in [-0.4, -0.2) is 69.6 Å². The lowest BCUT2D eigenvalue weighted by atomic mass is 10.1. The van der Waals surface area contributed by atoms with Crippen LogP contribution in [0, 0.1) is 6.92 Å². The third-order valence-corrected chi connectivity index (χ3v) is 7.83. The van der Waals surface area contributed by atoms with Crippen molar-refractivity contribution in [2.75, 3.05) is 26.2 Å². The Morgan fingerprint density at radius 1 is 0.971 bits per heavy atom. The number of benzene rings is 1. The number of carbonyl (C=O) groups is 1. The zero-order chi connectivity index (χ0) is 23.9. The zero-order valence-corrected chi connectivity index (χ0v) is 19.8. The number of pyridine rings is 1. The zero-order valence-electron chi connectivity index (χ0n) is 18.3. The van der Waals surface area contributed by atoms with Gasteiger partial charge in [-0.25, -0.2) is 18.4 Å². The molecule has 34 heavy (non-hydrogen) atoms. The van der Waals surface area contributed by atoms with Crippen molar-refractivity contribution in [1.29, 1.82) is 0 Å². The number of nitrogens with zero attached hydrogens (tertiary/aromatic N) is 5. The normalized spacial score (nSPS) is 15.1. The summed E-state index contributed by atoms with van der Waals surface area (Å²) in [6.45, 7) is 2.75. The van der Waals surface area contributed by atoms with Crippen LogP contribution in [0.5, 0.6) is 0 Å². The first-order valence-corrected chi connectivity index (χ1v) is 12.5. The number of carbonyl (C=O) groups excluding carboxylic acids is 1. The number of aromatic nitrogens is 4. The highest BCUT2D eigenvalue weighted by Gasteiger charge is 2.32. The van der Waals surface area contributed by atoms with Crippen LogP contribution < -0.4 is 0 Å². The summed E-state index contributed by atoms with van der Waals surface area (Å²) in [5.41, 5.74) is 3.28. The Kier molecular flexibility index (Phi) is 5.80. The fourth-order valence-corrected chi connectivity index (χ4v) is 5.56. The summed E-state index contributed by atoms with van der Waals surface area (Å²) in [7, 11) is -3.73. The van der Waals surface area contributed by atoms with Gasteiger partial charge in [-0.1, -0.05) is 11.6 Å². The summed E-state index contributed by atoms with van der Waals surface area (Å²) in [4.78, 5) is 30.0. The molecule has 4 heterocycles. The van der Waals surface area contributed by atoms with Crippen LogP contribution in [-0.2, 0) is 10.0 Å². The Hall–Kier alpha value is -3.34. The van der Waals surface area contributed by atoms with Crippen molar-refractivity contribution >= 4 is 38.4 Å². The number of aromatic amines is 1. The Labute approximate surface area is 201 Å². The van der Waals surface area contributed by atoms with Crippen LogP contribution in [0.15, 0.2) is 60.0 Å². The molecule has 0 unspecified atom stereocenters. The minimum absolute atomic E-state index is 0.0818. The van der Waals surface area contributed by atoms with Crippen molar-refractivity contribution in [2.24, 2.45) is 0 Å². The molecule has 1 aliphatic rings. The van der Waals surface area contributed by atoms with Gasteiger partial charge in [0.15, 0.2) is 0 Å². The number of piperazine rings is 1. The monoisotopic (exact) mass is 496 g/mol. The number of aryl methyl sites for hydroxylation is 1. The molecule has 0 radical (unpaired) electrons. The molecule has 174 valence electrons. The largest absolute Gasteiger partial charge is 0.345 e. The van der Waals surface area contributed by atoms with Gasteiger partial charge in [-0.15, -0.1) is 0 Å². The molecule has 1 aliphatic heterocycles. The number of hydrogen-bond acceptors (Lipinski definition) is 6. The van der Waals surface area contributed by atoms with E-state index in [4.69, 9.17) is 11.6 Å². The summed E-state index contributed by atoms with van der Waals surface area (Å²) in [6, 6.07) is 10.5. The SMILES string of the molecule is Cc1cc(-c2cnc(C(=O)N3CCN(S(=O)(=O)c4cc5cc(Cl)ccc5[nH]4)CC3)nc2)ccn1. The van der Waals surface area contributed by atoms with Gasteiger partial charge in [0.2, 0.25) is 5.82 Å². The molecule has 0 atom stereocenters. The third-order valence-electron chi connectivity index (χ3n) is 5.77. The number of fused-ring (bicyclic) bond motifs is 1. The second kappa shape index (κ2) is 8.79. The first-order chi connectivity index (χ1) is 16.3. The fourth-order valence-electron chi connectivity index (χ4n) is 3.94. The Morgan fingerprint density at radius 2 is 1.71 bits per heavy atom. The molecule has 1 amide bonds. The molecule has 5 rings (SSSR count). The van der Waals surface area contributed by atoms with Gasteiger partial charge in [0.05, 0.1) is 0 Å². The molecule has 3 aromatic heterocycles. The lowest BCUT2D eigenvalue weighted by Crippen LogP contribution is -2.50. The van der Waals surface area contributed by atoms with Crippen LogP contribution in [0.1, 0.15) is 16.3 Å². The van der Waals surface area contributed by atoms with E-state index in [1.807, 2.05) is 19.1 Å². The first-order valence-electron chi connectivity index (χ1n) is 10.6. The van der Waals surface area contributed by atoms with Gasteiger partial charge in [-0.2, -0.15) is 4.31 Å². The van der Waals surface area contributed by atoms with E-state index in [1.54, 1.807) is 47.8 Å². The van der Waals surface area contributed by atoms with E-state index in [2.05, 4.69) is 19.9 Å². The van der Waals surface area contributed by atoms with Gasteiger partial charge in [0.25, 0.3) is 15.9 Å². The van der Waals surface area contributed by atoms with E-state index in [-0.39, 0.29) is 42.9 Å². The summed E-state index contributed by atoms with van der Waals surface area (Å²) in [6.07, 6.45) is 4.93. The Morgan fingerprint density at radius 3 is 2.41 bits per heavy atom. The molecule has 1 aromatic carbocycles. The topological polar surface area (TPSA) is 112 Å². The maximum absolute atomic E-state index is 13.1. The average Bonchev–Trinajstić information content (AvgIpc) is 3.28. The predicted molar refractivity (Wildman–Crippen MR) is 128 cm³/mol. The molecular formula is C23H21ClN6O3S. The molecule has 0 bridgehead atoms. The van der Waals surface area contributed by atoms with Crippen LogP contribution in [0.4, 0.5) is 0 Å². The summed E-state index contributed by atoms with van der Waals surface area (Å²) >= 11 is 6.01. The quantitative estimate of drug-likeness (QED) is 0.464. The van der Waals surface area contributed by atoms with Crippen LogP contribution >= 0.6 is 11.6 Å². The molecule has 0 aliphatic carbocycles. The average molecular weight is 497 g/mol. The molecule has 11 heteroatoms. The van der Waals surface area contributed by atoms with Crippen molar-refractivity contribution < 1.29 is 13.2 Å².